The van der Waals surface area contributed by atoms with Crippen molar-refractivity contribution in [3.63, 3.8) is 0 Å². The molecule has 4 rings (SSSR count). The molecule has 2 aromatic carbocycles. The number of methoxy groups -OCH3 is 1. The summed E-state index contributed by atoms with van der Waals surface area (Å²) in [6.45, 7) is 2.90. The van der Waals surface area contributed by atoms with Gasteiger partial charge in [0.15, 0.2) is 0 Å². The minimum atomic E-state index is -0.113. The monoisotopic (exact) mass is 377 g/mol. The first-order chi connectivity index (χ1) is 13.6. The van der Waals surface area contributed by atoms with Crippen molar-refractivity contribution in [2.75, 3.05) is 18.6 Å². The van der Waals surface area contributed by atoms with Gasteiger partial charge in [0.2, 0.25) is 5.91 Å². The van der Waals surface area contributed by atoms with Crippen molar-refractivity contribution in [1.82, 2.24) is 9.55 Å². The van der Waals surface area contributed by atoms with Crippen LogP contribution in [0.15, 0.2) is 47.5 Å². The predicted octanol–water partition coefficient (Wildman–Crippen LogP) is 3.08. The summed E-state index contributed by atoms with van der Waals surface area (Å²) >= 11 is 0. The third-order valence-corrected chi connectivity index (χ3v) is 5.32. The van der Waals surface area contributed by atoms with Crippen LogP contribution < -0.4 is 15.2 Å². The van der Waals surface area contributed by atoms with E-state index in [0.29, 0.717) is 29.7 Å². The number of benzene rings is 2. The van der Waals surface area contributed by atoms with Gasteiger partial charge in [-0.05, 0) is 43.0 Å². The van der Waals surface area contributed by atoms with Crippen LogP contribution in [0.3, 0.4) is 0 Å². The average molecular weight is 377 g/mol. The van der Waals surface area contributed by atoms with E-state index in [0.717, 1.165) is 29.7 Å². The van der Waals surface area contributed by atoms with Crippen LogP contribution in [0.1, 0.15) is 24.0 Å². The highest BCUT2D eigenvalue weighted by Gasteiger charge is 2.25. The Balaban J connectivity index is 1.58. The van der Waals surface area contributed by atoms with E-state index in [2.05, 4.69) is 4.98 Å². The highest BCUT2D eigenvalue weighted by Crippen LogP contribution is 2.36. The number of rotatable bonds is 4. The second kappa shape index (κ2) is 7.46. The fraction of sp³-hybridized carbons (Fsp3) is 0.318. The minimum Gasteiger partial charge on any atom is -0.495 e. The van der Waals surface area contributed by atoms with Gasteiger partial charge in [-0.3, -0.25) is 14.2 Å². The number of nitrogens with zero attached hydrogens (tertiary/aromatic N) is 3. The van der Waals surface area contributed by atoms with Gasteiger partial charge in [-0.25, -0.2) is 4.98 Å². The van der Waals surface area contributed by atoms with Gasteiger partial charge in [-0.15, -0.1) is 0 Å². The molecule has 1 aliphatic heterocycles. The first-order valence-corrected chi connectivity index (χ1v) is 9.51. The van der Waals surface area contributed by atoms with E-state index in [1.807, 2.05) is 37.3 Å². The van der Waals surface area contributed by atoms with Crippen LogP contribution in [0.4, 0.5) is 5.69 Å². The summed E-state index contributed by atoms with van der Waals surface area (Å²) in [7, 11) is 1.62. The number of fused-ring (bicyclic) bond motifs is 2. The predicted molar refractivity (Wildman–Crippen MR) is 109 cm³/mol. The van der Waals surface area contributed by atoms with Gasteiger partial charge < -0.3 is 9.64 Å². The number of hydrogen-bond acceptors (Lipinski definition) is 4. The maximum Gasteiger partial charge on any atom is 0.261 e. The van der Waals surface area contributed by atoms with Crippen molar-refractivity contribution < 1.29 is 9.53 Å². The number of para-hydroxylation sites is 2. The standard InChI is InChI=1S/C22H23N3O3/c1-15-6-3-9-17-20(15)23-14-24(22(17)27)13-11-19(26)25-12-5-8-16-7-4-10-18(28-2)21(16)25/h3-4,6-7,9-10,14H,5,8,11-13H2,1-2H3. The van der Waals surface area contributed by atoms with E-state index >= 15 is 0 Å². The molecule has 1 aliphatic rings. The van der Waals surface area contributed by atoms with Gasteiger partial charge >= 0.3 is 0 Å². The van der Waals surface area contributed by atoms with Crippen LogP contribution in [0.2, 0.25) is 0 Å². The molecule has 3 aromatic rings. The van der Waals surface area contributed by atoms with E-state index in [9.17, 15) is 9.59 Å². The molecule has 6 heteroatoms. The number of aromatic nitrogens is 2. The molecule has 1 amide bonds. The van der Waals surface area contributed by atoms with E-state index in [1.165, 1.54) is 10.9 Å². The maximum absolute atomic E-state index is 13.0. The van der Waals surface area contributed by atoms with Crippen LogP contribution in [0, 0.1) is 6.92 Å². The first-order valence-electron chi connectivity index (χ1n) is 9.51. The molecule has 6 nitrogen and oxygen atoms in total. The van der Waals surface area contributed by atoms with E-state index < -0.39 is 0 Å². The van der Waals surface area contributed by atoms with Crippen LogP contribution in [0.25, 0.3) is 10.9 Å². The molecular formula is C22H23N3O3. The summed E-state index contributed by atoms with van der Waals surface area (Å²) < 4.78 is 7.00. The number of amides is 1. The summed E-state index contributed by atoms with van der Waals surface area (Å²) in [5.74, 6) is 0.701. The van der Waals surface area contributed by atoms with Crippen LogP contribution >= 0.6 is 0 Å². The quantitative estimate of drug-likeness (QED) is 0.701. The summed E-state index contributed by atoms with van der Waals surface area (Å²) in [6, 6.07) is 11.4. The molecule has 2 heterocycles. The van der Waals surface area contributed by atoms with Crippen LogP contribution in [-0.4, -0.2) is 29.1 Å². The third kappa shape index (κ3) is 3.15. The van der Waals surface area contributed by atoms with Gasteiger partial charge in [0.25, 0.3) is 5.56 Å². The SMILES string of the molecule is COc1cccc2c1N(C(=O)CCn1cnc3c(C)cccc3c1=O)CCC2. The highest BCUT2D eigenvalue weighted by molar-refractivity contribution is 5.96. The second-order valence-electron chi connectivity index (χ2n) is 7.08. The molecule has 0 saturated carbocycles. The first kappa shape index (κ1) is 18.2. The van der Waals surface area contributed by atoms with Crippen LogP contribution in [-0.2, 0) is 17.8 Å². The molecule has 0 bridgehead atoms. The lowest BCUT2D eigenvalue weighted by Gasteiger charge is -2.31. The van der Waals surface area contributed by atoms with Crippen molar-refractivity contribution in [2.45, 2.75) is 32.7 Å². The Morgan fingerprint density at radius 2 is 2.04 bits per heavy atom. The summed E-state index contributed by atoms with van der Waals surface area (Å²) in [4.78, 5) is 31.9. The number of aryl methyl sites for hydroxylation is 3. The van der Waals surface area contributed by atoms with Gasteiger partial charge in [-0.2, -0.15) is 0 Å². The Hall–Kier alpha value is -3.15. The molecule has 0 aliphatic carbocycles. The zero-order chi connectivity index (χ0) is 19.7. The van der Waals surface area contributed by atoms with Crippen molar-refractivity contribution in [3.8, 4) is 5.75 Å². The molecular weight excluding hydrogens is 354 g/mol. The maximum atomic E-state index is 13.0. The molecule has 0 fully saturated rings. The van der Waals surface area contributed by atoms with Gasteiger partial charge in [-0.1, -0.05) is 24.3 Å². The van der Waals surface area contributed by atoms with Gasteiger partial charge in [0, 0.05) is 19.5 Å². The molecule has 28 heavy (non-hydrogen) atoms. The zero-order valence-electron chi connectivity index (χ0n) is 16.1. The molecule has 0 unspecified atom stereocenters. The molecule has 0 N–H and O–H groups in total. The average Bonchev–Trinajstić information content (AvgIpc) is 2.72. The minimum absolute atomic E-state index is 0.0123. The van der Waals surface area contributed by atoms with Gasteiger partial charge in [0.1, 0.15) is 5.75 Å². The summed E-state index contributed by atoms with van der Waals surface area (Å²) in [5.41, 5.74) is 3.55. The smallest absolute Gasteiger partial charge is 0.261 e. The lowest BCUT2D eigenvalue weighted by atomic mass is 10.0. The van der Waals surface area contributed by atoms with E-state index in [-0.39, 0.29) is 17.9 Å². The molecule has 1 aromatic heterocycles. The van der Waals surface area contributed by atoms with Crippen molar-refractivity contribution in [2.24, 2.45) is 0 Å². The number of anilines is 1. The number of carbonyl (C=O) groups excluding carboxylic acids is 1. The van der Waals surface area contributed by atoms with Crippen molar-refractivity contribution >= 4 is 22.5 Å². The van der Waals surface area contributed by atoms with E-state index in [1.54, 1.807) is 18.1 Å². The van der Waals surface area contributed by atoms with Crippen molar-refractivity contribution in [3.05, 3.63) is 64.2 Å². The fourth-order valence-electron chi connectivity index (χ4n) is 3.88. The van der Waals surface area contributed by atoms with Crippen LogP contribution in [0.5, 0.6) is 5.75 Å². The van der Waals surface area contributed by atoms with E-state index in [4.69, 9.17) is 4.74 Å². The Morgan fingerprint density at radius 1 is 1.21 bits per heavy atom. The highest BCUT2D eigenvalue weighted by atomic mass is 16.5. The molecule has 144 valence electrons. The van der Waals surface area contributed by atoms with Gasteiger partial charge in [0.05, 0.1) is 30.0 Å². The lowest BCUT2D eigenvalue weighted by molar-refractivity contribution is -0.118. The summed E-state index contributed by atoms with van der Waals surface area (Å²) in [6.07, 6.45) is 3.62. The largest absolute Gasteiger partial charge is 0.495 e. The Morgan fingerprint density at radius 3 is 2.86 bits per heavy atom. The number of hydrogen-bond donors (Lipinski definition) is 0. The third-order valence-electron chi connectivity index (χ3n) is 5.32. The lowest BCUT2D eigenvalue weighted by Crippen LogP contribution is -2.36. The normalized spacial score (nSPS) is 13.4. The topological polar surface area (TPSA) is 64.4 Å². The Bertz CT molecular complexity index is 1090. The molecule has 0 spiro atoms. The molecule has 0 saturated heterocycles. The molecule has 0 radical (unpaired) electrons. The Kier molecular flexibility index (Phi) is 4.86. The second-order valence-corrected chi connectivity index (χ2v) is 7.08. The van der Waals surface area contributed by atoms with Crippen molar-refractivity contribution in [1.29, 1.82) is 0 Å². The molecule has 0 atom stereocenters. The number of ether oxygens (including phenoxy) is 1. The fourth-order valence-corrected chi connectivity index (χ4v) is 3.88. The Labute approximate surface area is 163 Å². The number of carbonyl (C=O) groups is 1. The zero-order valence-corrected chi connectivity index (χ0v) is 16.1. The summed E-state index contributed by atoms with van der Waals surface area (Å²) in [5, 5.41) is 0.583.